The summed E-state index contributed by atoms with van der Waals surface area (Å²) >= 11 is 0. The first kappa shape index (κ1) is 13.4. The number of furan rings is 1. The number of hydrogen-bond acceptors (Lipinski definition) is 5. The van der Waals surface area contributed by atoms with Crippen molar-refractivity contribution < 1.29 is 12.8 Å². The smallest absolute Gasteiger partial charge is 0.240 e. The number of anilines is 2. The summed E-state index contributed by atoms with van der Waals surface area (Å²) in [6.45, 7) is 0.528. The highest BCUT2D eigenvalue weighted by Gasteiger charge is 2.14. The molecule has 0 aliphatic carbocycles. The van der Waals surface area contributed by atoms with Crippen molar-refractivity contribution >= 4 is 21.4 Å². The molecule has 0 amide bonds. The van der Waals surface area contributed by atoms with Gasteiger partial charge in [0.1, 0.15) is 10.7 Å². The quantitative estimate of drug-likeness (QED) is 0.712. The van der Waals surface area contributed by atoms with Crippen LogP contribution in [0.25, 0.3) is 0 Å². The summed E-state index contributed by atoms with van der Waals surface area (Å²) in [5.74, 6) is 0.820. The number of nitrogens with one attached hydrogen (secondary N) is 1. The third kappa shape index (κ3) is 3.49. The van der Waals surface area contributed by atoms with Crippen LogP contribution in [-0.2, 0) is 16.4 Å². The molecule has 1 aromatic carbocycles. The monoisotopic (exact) mass is 281 g/mol. The van der Waals surface area contributed by atoms with Crippen molar-refractivity contribution in [1.82, 2.24) is 0 Å². The van der Waals surface area contributed by atoms with Crippen LogP contribution in [0.2, 0.25) is 0 Å². The van der Waals surface area contributed by atoms with Gasteiger partial charge in [-0.3, -0.25) is 0 Å². The van der Waals surface area contributed by atoms with Crippen LogP contribution in [0.1, 0.15) is 5.76 Å². The van der Waals surface area contributed by atoms with Gasteiger partial charge in [0, 0.05) is 18.7 Å². The fourth-order valence-corrected chi connectivity index (χ4v) is 2.44. The first-order chi connectivity index (χ1) is 8.97. The Morgan fingerprint density at radius 3 is 2.68 bits per heavy atom. The first-order valence-electron chi connectivity index (χ1n) is 5.65. The van der Waals surface area contributed by atoms with Gasteiger partial charge >= 0.3 is 0 Å². The van der Waals surface area contributed by atoms with Gasteiger partial charge in [-0.25, -0.2) is 13.6 Å². The van der Waals surface area contributed by atoms with Crippen molar-refractivity contribution in [1.29, 1.82) is 0 Å². The van der Waals surface area contributed by atoms with E-state index in [1.54, 1.807) is 24.5 Å². The van der Waals surface area contributed by atoms with Crippen LogP contribution >= 0.6 is 0 Å². The Kier molecular flexibility index (Phi) is 3.77. The second kappa shape index (κ2) is 5.33. The van der Waals surface area contributed by atoms with Crippen LogP contribution in [0.15, 0.2) is 45.9 Å². The largest absolute Gasteiger partial charge is 0.469 e. The van der Waals surface area contributed by atoms with Crippen molar-refractivity contribution in [3.63, 3.8) is 0 Å². The zero-order valence-corrected chi connectivity index (χ0v) is 11.0. The number of benzene rings is 1. The van der Waals surface area contributed by atoms with Gasteiger partial charge in [-0.05, 0) is 30.3 Å². The Bertz CT molecular complexity index is 651. The lowest BCUT2D eigenvalue weighted by atomic mass is 10.2. The first-order valence-corrected chi connectivity index (χ1v) is 7.20. The molecule has 2 rings (SSSR count). The Morgan fingerprint density at radius 2 is 2.05 bits per heavy atom. The second-order valence-corrected chi connectivity index (χ2v) is 5.59. The molecule has 0 spiro atoms. The van der Waals surface area contributed by atoms with Crippen LogP contribution in [0.4, 0.5) is 11.4 Å². The average molecular weight is 281 g/mol. The Balaban J connectivity index is 2.12. The molecule has 2 aromatic rings. The molecule has 1 heterocycles. The number of primary sulfonamides is 1. The number of nitrogens with two attached hydrogens (primary N) is 2. The Labute approximate surface area is 111 Å². The van der Waals surface area contributed by atoms with Gasteiger partial charge in [-0.1, -0.05) is 0 Å². The highest BCUT2D eigenvalue weighted by Crippen LogP contribution is 2.22. The molecule has 5 N–H and O–H groups in total. The van der Waals surface area contributed by atoms with E-state index >= 15 is 0 Å². The lowest BCUT2D eigenvalue weighted by molar-refractivity contribution is 0.513. The highest BCUT2D eigenvalue weighted by atomic mass is 32.2. The average Bonchev–Trinajstić information content (AvgIpc) is 2.83. The van der Waals surface area contributed by atoms with Crippen LogP contribution in [0.3, 0.4) is 0 Å². The molecule has 0 radical (unpaired) electrons. The summed E-state index contributed by atoms with van der Waals surface area (Å²) in [5, 5.41) is 8.16. The van der Waals surface area contributed by atoms with Crippen molar-refractivity contribution in [3.8, 4) is 0 Å². The molecule has 7 heteroatoms. The normalized spacial score (nSPS) is 11.4. The molecular weight excluding hydrogens is 266 g/mol. The number of nitrogen functional groups attached to an aromatic ring is 1. The summed E-state index contributed by atoms with van der Waals surface area (Å²) in [5.41, 5.74) is 6.35. The second-order valence-electron chi connectivity index (χ2n) is 4.06. The summed E-state index contributed by atoms with van der Waals surface area (Å²) < 4.78 is 28.1. The highest BCUT2D eigenvalue weighted by molar-refractivity contribution is 7.89. The van der Waals surface area contributed by atoms with Gasteiger partial charge in [0.05, 0.1) is 12.0 Å². The maximum Gasteiger partial charge on any atom is 0.240 e. The summed E-state index contributed by atoms with van der Waals surface area (Å²) in [6, 6.07) is 8.20. The molecule has 0 fully saturated rings. The molecule has 0 saturated carbocycles. The zero-order valence-electron chi connectivity index (χ0n) is 10.2. The van der Waals surface area contributed by atoms with E-state index in [1.165, 1.54) is 6.07 Å². The molecule has 6 nitrogen and oxygen atoms in total. The zero-order chi connectivity index (χ0) is 13.9. The topological polar surface area (TPSA) is 111 Å². The SMILES string of the molecule is Nc1ccc(NCCc2ccco2)c(S(N)(=O)=O)c1. The number of sulfonamides is 1. The van der Waals surface area contributed by atoms with E-state index in [-0.39, 0.29) is 4.90 Å². The van der Waals surface area contributed by atoms with Gasteiger partial charge in [-0.15, -0.1) is 0 Å². The summed E-state index contributed by atoms with van der Waals surface area (Å²) in [6.07, 6.45) is 2.23. The standard InChI is InChI=1S/C12H15N3O3S/c13-9-3-4-11(12(8-9)19(14,16)17)15-6-5-10-2-1-7-18-10/h1-4,7-8,15H,5-6,13H2,(H2,14,16,17). The van der Waals surface area contributed by atoms with E-state index in [1.807, 2.05) is 6.07 Å². The van der Waals surface area contributed by atoms with Crippen molar-refractivity contribution in [2.45, 2.75) is 11.3 Å². The predicted molar refractivity (Wildman–Crippen MR) is 73.1 cm³/mol. The Hall–Kier alpha value is -1.99. The van der Waals surface area contributed by atoms with Gasteiger partial charge < -0.3 is 15.5 Å². The van der Waals surface area contributed by atoms with Gasteiger partial charge in [0.15, 0.2) is 0 Å². The van der Waals surface area contributed by atoms with Crippen molar-refractivity contribution in [3.05, 3.63) is 42.4 Å². The number of hydrogen-bond donors (Lipinski definition) is 3. The molecule has 0 unspecified atom stereocenters. The van der Waals surface area contributed by atoms with Crippen LogP contribution in [0.5, 0.6) is 0 Å². The Morgan fingerprint density at radius 1 is 1.26 bits per heavy atom. The van der Waals surface area contributed by atoms with Crippen molar-refractivity contribution in [2.75, 3.05) is 17.6 Å². The van der Waals surface area contributed by atoms with E-state index in [2.05, 4.69) is 5.32 Å². The molecule has 1 aromatic heterocycles. The van der Waals surface area contributed by atoms with E-state index in [0.717, 1.165) is 5.76 Å². The lowest BCUT2D eigenvalue weighted by Crippen LogP contribution is -2.16. The summed E-state index contributed by atoms with van der Waals surface area (Å²) in [7, 11) is -3.81. The van der Waals surface area contributed by atoms with Crippen LogP contribution in [0, 0.1) is 0 Å². The molecule has 0 bridgehead atoms. The van der Waals surface area contributed by atoms with Crippen LogP contribution in [-0.4, -0.2) is 15.0 Å². The number of rotatable bonds is 5. The minimum Gasteiger partial charge on any atom is -0.469 e. The van der Waals surface area contributed by atoms with Gasteiger partial charge in [0.25, 0.3) is 0 Å². The summed E-state index contributed by atoms with van der Waals surface area (Å²) in [4.78, 5) is -0.00746. The van der Waals surface area contributed by atoms with Crippen molar-refractivity contribution in [2.24, 2.45) is 5.14 Å². The molecule has 19 heavy (non-hydrogen) atoms. The minimum atomic E-state index is -3.81. The molecule has 0 atom stereocenters. The van der Waals surface area contributed by atoms with Gasteiger partial charge in [-0.2, -0.15) is 0 Å². The molecule has 102 valence electrons. The molecule has 0 aliphatic rings. The van der Waals surface area contributed by atoms with E-state index in [4.69, 9.17) is 15.3 Å². The van der Waals surface area contributed by atoms with Gasteiger partial charge in [0.2, 0.25) is 10.0 Å². The molecule has 0 saturated heterocycles. The van der Waals surface area contributed by atoms with Crippen LogP contribution < -0.4 is 16.2 Å². The van der Waals surface area contributed by atoms with E-state index < -0.39 is 10.0 Å². The predicted octanol–water partition coefficient (Wildman–Crippen LogP) is 1.16. The minimum absolute atomic E-state index is 0.00746. The van der Waals surface area contributed by atoms with E-state index in [9.17, 15) is 8.42 Å². The third-order valence-electron chi connectivity index (χ3n) is 2.58. The lowest BCUT2D eigenvalue weighted by Gasteiger charge is -2.10. The molecule has 0 aliphatic heterocycles. The molecular formula is C12H15N3O3S. The maximum absolute atomic E-state index is 11.5. The van der Waals surface area contributed by atoms with E-state index in [0.29, 0.717) is 24.3 Å². The fraction of sp³-hybridized carbons (Fsp3) is 0.167. The third-order valence-corrected chi connectivity index (χ3v) is 3.53. The fourth-order valence-electron chi connectivity index (χ4n) is 1.70. The maximum atomic E-state index is 11.5.